The number of hydrogen-bond acceptors (Lipinski definition) is 2. The molecule has 1 saturated carbocycles. The van der Waals surface area contributed by atoms with E-state index in [4.69, 9.17) is 4.74 Å². The van der Waals surface area contributed by atoms with Crippen LogP contribution in [0.2, 0.25) is 0 Å². The summed E-state index contributed by atoms with van der Waals surface area (Å²) >= 11 is 0. The second kappa shape index (κ2) is 5.96. The molecular weight excluding hydrogens is 236 g/mol. The highest BCUT2D eigenvalue weighted by molar-refractivity contribution is 5.45. The zero-order chi connectivity index (χ0) is 14.0. The van der Waals surface area contributed by atoms with E-state index in [1.165, 1.54) is 16.7 Å². The van der Waals surface area contributed by atoms with Crippen molar-refractivity contribution < 1.29 is 9.84 Å². The van der Waals surface area contributed by atoms with E-state index in [1.54, 1.807) is 7.11 Å². The number of methoxy groups -OCH3 is 1. The first-order valence-corrected chi connectivity index (χ1v) is 7.39. The summed E-state index contributed by atoms with van der Waals surface area (Å²) in [6.45, 7) is 6.59. The van der Waals surface area contributed by atoms with Gasteiger partial charge in [0.25, 0.3) is 0 Å². The fraction of sp³-hybridized carbons (Fsp3) is 0.647. The van der Waals surface area contributed by atoms with Gasteiger partial charge in [0.15, 0.2) is 0 Å². The van der Waals surface area contributed by atoms with Crippen LogP contribution in [0.25, 0.3) is 0 Å². The third-order valence-electron chi connectivity index (χ3n) is 4.38. The molecule has 1 aliphatic carbocycles. The molecule has 1 fully saturated rings. The van der Waals surface area contributed by atoms with Crippen molar-refractivity contribution in [1.29, 1.82) is 0 Å². The molecule has 1 aromatic rings. The van der Waals surface area contributed by atoms with Gasteiger partial charge in [-0.3, -0.25) is 0 Å². The fourth-order valence-electron chi connectivity index (χ4n) is 3.17. The first kappa shape index (κ1) is 14.4. The predicted molar refractivity (Wildman–Crippen MR) is 79.0 cm³/mol. The van der Waals surface area contributed by atoms with Crippen molar-refractivity contribution in [1.82, 2.24) is 0 Å². The molecule has 1 N–H and O–H groups in total. The summed E-state index contributed by atoms with van der Waals surface area (Å²) in [5.74, 6) is 2.09. The second-order valence-electron chi connectivity index (χ2n) is 6.11. The van der Waals surface area contributed by atoms with Crippen LogP contribution in [0.4, 0.5) is 0 Å². The first-order chi connectivity index (χ1) is 9.02. The van der Waals surface area contributed by atoms with E-state index < -0.39 is 0 Å². The molecule has 0 bridgehead atoms. The molecule has 0 spiro atoms. The maximum atomic E-state index is 9.65. The van der Waals surface area contributed by atoms with Crippen LogP contribution in [-0.2, 0) is 0 Å². The number of aliphatic hydroxyl groups excluding tert-OH is 1. The highest BCUT2D eigenvalue weighted by atomic mass is 16.5. The molecule has 1 aliphatic rings. The van der Waals surface area contributed by atoms with Gasteiger partial charge in [0.2, 0.25) is 0 Å². The maximum Gasteiger partial charge on any atom is 0.122 e. The Balaban J connectivity index is 2.32. The zero-order valence-corrected chi connectivity index (χ0v) is 12.6. The summed E-state index contributed by atoms with van der Waals surface area (Å²) in [6, 6.07) is 4.51. The molecule has 2 nitrogen and oxygen atoms in total. The summed E-state index contributed by atoms with van der Waals surface area (Å²) in [4.78, 5) is 0. The molecular formula is C17H26O2. The molecule has 0 atom stereocenters. The molecule has 0 heterocycles. The van der Waals surface area contributed by atoms with E-state index in [2.05, 4.69) is 32.9 Å². The molecule has 106 valence electrons. The molecule has 0 unspecified atom stereocenters. The summed E-state index contributed by atoms with van der Waals surface area (Å²) in [7, 11) is 1.75. The highest BCUT2D eigenvalue weighted by Crippen LogP contribution is 2.38. The Morgan fingerprint density at radius 1 is 1.16 bits per heavy atom. The van der Waals surface area contributed by atoms with Crippen LogP contribution in [0.3, 0.4) is 0 Å². The van der Waals surface area contributed by atoms with Gasteiger partial charge in [0, 0.05) is 0 Å². The Kier molecular flexibility index (Phi) is 4.51. The quantitative estimate of drug-likeness (QED) is 0.887. The SMILES string of the molecule is COc1cc(C)c(C2CCC(O)CC2)cc1C(C)C. The molecule has 2 rings (SSSR count). The average molecular weight is 262 g/mol. The van der Waals surface area contributed by atoms with Gasteiger partial charge in [-0.15, -0.1) is 0 Å². The van der Waals surface area contributed by atoms with Gasteiger partial charge < -0.3 is 9.84 Å². The molecule has 2 heteroatoms. The second-order valence-corrected chi connectivity index (χ2v) is 6.11. The Labute approximate surface area is 116 Å². The zero-order valence-electron chi connectivity index (χ0n) is 12.6. The van der Waals surface area contributed by atoms with E-state index in [0.29, 0.717) is 11.8 Å². The largest absolute Gasteiger partial charge is 0.496 e. The summed E-state index contributed by atoms with van der Waals surface area (Å²) in [5, 5.41) is 9.65. The Hall–Kier alpha value is -1.02. The van der Waals surface area contributed by atoms with Crippen molar-refractivity contribution in [2.75, 3.05) is 7.11 Å². The van der Waals surface area contributed by atoms with Gasteiger partial charge in [-0.25, -0.2) is 0 Å². The van der Waals surface area contributed by atoms with Gasteiger partial charge in [-0.2, -0.15) is 0 Å². The Bertz CT molecular complexity index is 429. The first-order valence-electron chi connectivity index (χ1n) is 7.39. The minimum absolute atomic E-state index is 0.0839. The Morgan fingerprint density at radius 3 is 2.32 bits per heavy atom. The molecule has 1 aromatic carbocycles. The van der Waals surface area contributed by atoms with Crippen molar-refractivity contribution in [2.24, 2.45) is 0 Å². The maximum absolute atomic E-state index is 9.65. The van der Waals surface area contributed by atoms with Crippen molar-refractivity contribution in [3.63, 3.8) is 0 Å². The monoisotopic (exact) mass is 262 g/mol. The standard InChI is InChI=1S/C17H26O2/c1-11(2)15-10-16(12(3)9-17(15)19-4)13-5-7-14(18)8-6-13/h9-11,13-14,18H,5-8H2,1-4H3. The minimum Gasteiger partial charge on any atom is -0.496 e. The highest BCUT2D eigenvalue weighted by Gasteiger charge is 2.23. The number of rotatable bonds is 3. The molecule has 0 aliphatic heterocycles. The minimum atomic E-state index is -0.0839. The van der Waals surface area contributed by atoms with Crippen molar-refractivity contribution in [3.05, 3.63) is 28.8 Å². The molecule has 0 saturated heterocycles. The van der Waals surface area contributed by atoms with E-state index in [-0.39, 0.29) is 6.10 Å². The van der Waals surface area contributed by atoms with Gasteiger partial charge in [0.05, 0.1) is 13.2 Å². The lowest BCUT2D eigenvalue weighted by Crippen LogP contribution is -2.17. The van der Waals surface area contributed by atoms with Crippen LogP contribution in [0, 0.1) is 6.92 Å². The Morgan fingerprint density at radius 2 is 1.79 bits per heavy atom. The van der Waals surface area contributed by atoms with Crippen LogP contribution >= 0.6 is 0 Å². The van der Waals surface area contributed by atoms with Crippen LogP contribution in [-0.4, -0.2) is 18.3 Å². The molecule has 0 amide bonds. The number of aryl methyl sites for hydroxylation is 1. The van der Waals surface area contributed by atoms with Gasteiger partial charge in [-0.05, 0) is 67.2 Å². The summed E-state index contributed by atoms with van der Waals surface area (Å²) in [5.41, 5.74) is 4.08. The molecule has 0 radical (unpaired) electrons. The summed E-state index contributed by atoms with van der Waals surface area (Å²) in [6.07, 6.45) is 4.00. The topological polar surface area (TPSA) is 29.5 Å². The van der Waals surface area contributed by atoms with Crippen LogP contribution in [0.15, 0.2) is 12.1 Å². The van der Waals surface area contributed by atoms with Crippen molar-refractivity contribution >= 4 is 0 Å². The normalized spacial score (nSPS) is 23.7. The number of hydrogen-bond donors (Lipinski definition) is 1. The van der Waals surface area contributed by atoms with Crippen molar-refractivity contribution in [2.45, 2.75) is 64.4 Å². The lowest BCUT2D eigenvalue weighted by Gasteiger charge is -2.28. The smallest absolute Gasteiger partial charge is 0.122 e. The third-order valence-corrected chi connectivity index (χ3v) is 4.38. The number of ether oxygens (including phenoxy) is 1. The lowest BCUT2D eigenvalue weighted by molar-refractivity contribution is 0.122. The van der Waals surface area contributed by atoms with Gasteiger partial charge in [-0.1, -0.05) is 19.9 Å². The van der Waals surface area contributed by atoms with Gasteiger partial charge >= 0.3 is 0 Å². The van der Waals surface area contributed by atoms with Crippen LogP contribution < -0.4 is 4.74 Å². The average Bonchev–Trinajstić information content (AvgIpc) is 2.39. The molecule has 19 heavy (non-hydrogen) atoms. The lowest BCUT2D eigenvalue weighted by atomic mass is 9.80. The van der Waals surface area contributed by atoms with E-state index in [9.17, 15) is 5.11 Å². The van der Waals surface area contributed by atoms with Gasteiger partial charge in [0.1, 0.15) is 5.75 Å². The van der Waals surface area contributed by atoms with E-state index >= 15 is 0 Å². The fourth-order valence-corrected chi connectivity index (χ4v) is 3.17. The predicted octanol–water partition coefficient (Wildman–Crippen LogP) is 4.15. The van der Waals surface area contributed by atoms with E-state index in [1.807, 2.05) is 0 Å². The molecule has 0 aromatic heterocycles. The van der Waals surface area contributed by atoms with Crippen LogP contribution in [0.5, 0.6) is 5.75 Å². The van der Waals surface area contributed by atoms with Crippen molar-refractivity contribution in [3.8, 4) is 5.75 Å². The summed E-state index contributed by atoms with van der Waals surface area (Å²) < 4.78 is 5.51. The van der Waals surface area contributed by atoms with Crippen LogP contribution in [0.1, 0.15) is 68.1 Å². The number of benzene rings is 1. The third kappa shape index (κ3) is 3.11. The number of aliphatic hydroxyl groups is 1. The van der Waals surface area contributed by atoms with E-state index in [0.717, 1.165) is 31.4 Å².